The summed E-state index contributed by atoms with van der Waals surface area (Å²) < 4.78 is 0. The molecule has 5 heteroatoms. The van der Waals surface area contributed by atoms with Crippen molar-refractivity contribution in [1.82, 2.24) is 5.32 Å². The first-order valence-electron chi connectivity index (χ1n) is 11.4. The fourth-order valence-corrected chi connectivity index (χ4v) is 3.04. The van der Waals surface area contributed by atoms with Crippen molar-refractivity contribution < 1.29 is 20.1 Å². The Bertz CT molecular complexity index is 758. The molecule has 0 aromatic carbocycles. The molecule has 1 rings (SSSR count). The molecule has 5 atom stereocenters. The molecule has 1 aliphatic rings. The average molecular weight is 442 g/mol. The Morgan fingerprint density at radius 3 is 2.47 bits per heavy atom. The lowest BCUT2D eigenvalue weighted by molar-refractivity contribution is -0.117. The Kier molecular flexibility index (Phi) is 14.0. The van der Waals surface area contributed by atoms with Crippen molar-refractivity contribution in [2.24, 2.45) is 5.92 Å². The smallest absolute Gasteiger partial charge is 0.244 e. The SMILES string of the molecule is CCCC=CCC1CC=CC=C(C)C=CC=CC(O)C(O)C(O)C(C)C=CC=CC(=O)N1. The number of unbranched alkanes of at least 4 members (excludes halogenated alkanes) is 1. The van der Waals surface area contributed by atoms with Gasteiger partial charge in [-0.1, -0.05) is 98.8 Å². The van der Waals surface area contributed by atoms with E-state index in [9.17, 15) is 20.1 Å². The lowest BCUT2D eigenvalue weighted by Gasteiger charge is -2.24. The van der Waals surface area contributed by atoms with Gasteiger partial charge in [-0.15, -0.1) is 0 Å². The molecule has 0 spiro atoms. The molecule has 5 unspecified atom stereocenters. The standard InChI is InChI=1S/C27H39NO4/c1-4-5-6-7-17-23-18-11-8-14-21(2)15-9-12-19-24(29)27(32)26(31)22(3)16-10-13-20-25(30)28-23/h6-16,19-20,22-24,26-27,29,31-32H,4-5,17-18H2,1-3H3,(H,28,30). The van der Waals surface area contributed by atoms with Crippen molar-refractivity contribution in [1.29, 1.82) is 0 Å². The highest BCUT2D eigenvalue weighted by Gasteiger charge is 2.26. The van der Waals surface area contributed by atoms with Crippen molar-refractivity contribution >= 4 is 5.91 Å². The van der Waals surface area contributed by atoms with Gasteiger partial charge in [-0.05, 0) is 26.2 Å². The summed E-state index contributed by atoms with van der Waals surface area (Å²) in [5, 5.41) is 33.6. The van der Waals surface area contributed by atoms with E-state index in [1.807, 2.05) is 31.2 Å². The molecule has 0 saturated heterocycles. The molecular formula is C27H39NO4. The summed E-state index contributed by atoms with van der Waals surface area (Å²) in [5.74, 6) is -0.594. The van der Waals surface area contributed by atoms with Crippen LogP contribution in [0.5, 0.6) is 0 Å². The van der Waals surface area contributed by atoms with Crippen LogP contribution in [0.2, 0.25) is 0 Å². The quantitative estimate of drug-likeness (QED) is 0.495. The number of rotatable bonds is 4. The van der Waals surface area contributed by atoms with Gasteiger partial charge in [0.2, 0.25) is 5.91 Å². The van der Waals surface area contributed by atoms with Crippen LogP contribution in [0.4, 0.5) is 0 Å². The number of nitrogens with one attached hydrogen (secondary N) is 1. The van der Waals surface area contributed by atoms with E-state index in [1.54, 1.807) is 37.3 Å². The van der Waals surface area contributed by atoms with Crippen molar-refractivity contribution in [2.75, 3.05) is 0 Å². The Balaban J connectivity index is 3.02. The van der Waals surface area contributed by atoms with Gasteiger partial charge in [-0.2, -0.15) is 0 Å². The van der Waals surface area contributed by atoms with Gasteiger partial charge in [0.15, 0.2) is 0 Å². The van der Waals surface area contributed by atoms with Crippen molar-refractivity contribution in [3.8, 4) is 0 Å². The largest absolute Gasteiger partial charge is 0.390 e. The molecule has 0 aromatic heterocycles. The average Bonchev–Trinajstić information content (AvgIpc) is 2.77. The third-order valence-corrected chi connectivity index (χ3v) is 5.10. The van der Waals surface area contributed by atoms with Crippen LogP contribution >= 0.6 is 0 Å². The number of carbonyl (C=O) groups excluding carboxylic acids is 1. The highest BCUT2D eigenvalue weighted by atomic mass is 16.4. The van der Waals surface area contributed by atoms with E-state index in [1.165, 1.54) is 12.2 Å². The minimum atomic E-state index is -1.32. The number of aliphatic hydroxyl groups excluding tert-OH is 3. The van der Waals surface area contributed by atoms with Gasteiger partial charge >= 0.3 is 0 Å². The van der Waals surface area contributed by atoms with Crippen molar-refractivity contribution in [3.63, 3.8) is 0 Å². The number of hydrogen-bond acceptors (Lipinski definition) is 4. The van der Waals surface area contributed by atoms with Crippen LogP contribution in [0.25, 0.3) is 0 Å². The van der Waals surface area contributed by atoms with Gasteiger partial charge in [0.05, 0.1) is 6.10 Å². The van der Waals surface area contributed by atoms with Crippen LogP contribution in [0.3, 0.4) is 0 Å². The van der Waals surface area contributed by atoms with Crippen LogP contribution in [-0.2, 0) is 4.79 Å². The molecule has 1 aliphatic heterocycles. The van der Waals surface area contributed by atoms with E-state index in [4.69, 9.17) is 0 Å². The van der Waals surface area contributed by atoms with Gasteiger partial charge in [0.25, 0.3) is 0 Å². The molecule has 0 bridgehead atoms. The first-order valence-corrected chi connectivity index (χ1v) is 11.4. The summed E-state index contributed by atoms with van der Waals surface area (Å²) in [4.78, 5) is 12.3. The number of allylic oxidation sites excluding steroid dienone is 9. The minimum absolute atomic E-state index is 0.00403. The molecule has 0 radical (unpaired) electrons. The summed E-state index contributed by atoms with van der Waals surface area (Å²) in [6.07, 6.45) is 23.3. The predicted molar refractivity (Wildman–Crippen MR) is 132 cm³/mol. The number of amides is 1. The summed E-state index contributed by atoms with van der Waals surface area (Å²) in [5.41, 5.74) is 1.01. The molecule has 1 amide bonds. The zero-order valence-electron chi connectivity index (χ0n) is 19.5. The van der Waals surface area contributed by atoms with E-state index in [2.05, 4.69) is 24.4 Å². The van der Waals surface area contributed by atoms with Gasteiger partial charge in [-0.3, -0.25) is 4.79 Å². The number of carbonyl (C=O) groups is 1. The number of hydrogen-bond donors (Lipinski definition) is 4. The molecule has 0 fully saturated rings. The van der Waals surface area contributed by atoms with Gasteiger partial charge in [-0.25, -0.2) is 0 Å². The second-order valence-corrected chi connectivity index (χ2v) is 8.09. The molecule has 1 heterocycles. The van der Waals surface area contributed by atoms with Gasteiger partial charge in [0, 0.05) is 18.0 Å². The maximum Gasteiger partial charge on any atom is 0.244 e. The Labute approximate surface area is 192 Å². The maximum absolute atomic E-state index is 12.3. The zero-order chi connectivity index (χ0) is 23.8. The fourth-order valence-electron chi connectivity index (χ4n) is 3.04. The minimum Gasteiger partial charge on any atom is -0.390 e. The predicted octanol–water partition coefficient (Wildman–Crippen LogP) is 4.07. The third-order valence-electron chi connectivity index (χ3n) is 5.10. The normalized spacial score (nSPS) is 28.6. The van der Waals surface area contributed by atoms with E-state index >= 15 is 0 Å². The Morgan fingerprint density at radius 2 is 1.72 bits per heavy atom. The molecular weight excluding hydrogens is 402 g/mol. The third kappa shape index (κ3) is 11.8. The topological polar surface area (TPSA) is 89.8 Å². The summed E-state index contributed by atoms with van der Waals surface area (Å²) in [6.45, 7) is 5.83. The highest BCUT2D eigenvalue weighted by molar-refractivity contribution is 5.88. The molecule has 0 aromatic rings. The Hall–Kier alpha value is -2.47. The van der Waals surface area contributed by atoms with Crippen molar-refractivity contribution in [3.05, 3.63) is 84.6 Å². The van der Waals surface area contributed by atoms with E-state index in [0.717, 1.165) is 24.8 Å². The van der Waals surface area contributed by atoms with Crippen LogP contribution in [0.15, 0.2) is 84.6 Å². The summed E-state index contributed by atoms with van der Waals surface area (Å²) in [7, 11) is 0. The second-order valence-electron chi connectivity index (χ2n) is 8.09. The monoisotopic (exact) mass is 441 g/mol. The summed E-state index contributed by atoms with van der Waals surface area (Å²) in [6, 6.07) is -0.00403. The van der Waals surface area contributed by atoms with Crippen LogP contribution in [0, 0.1) is 5.92 Å². The van der Waals surface area contributed by atoms with Crippen LogP contribution in [0.1, 0.15) is 46.5 Å². The highest BCUT2D eigenvalue weighted by Crippen LogP contribution is 2.13. The fraction of sp³-hybridized carbons (Fsp3) is 0.444. The molecule has 176 valence electrons. The molecule has 0 aliphatic carbocycles. The molecule has 5 nitrogen and oxygen atoms in total. The van der Waals surface area contributed by atoms with Gasteiger partial charge < -0.3 is 20.6 Å². The van der Waals surface area contributed by atoms with Crippen molar-refractivity contribution in [2.45, 2.75) is 70.8 Å². The van der Waals surface area contributed by atoms with E-state index in [-0.39, 0.29) is 11.9 Å². The molecule has 32 heavy (non-hydrogen) atoms. The second kappa shape index (κ2) is 16.2. The lowest BCUT2D eigenvalue weighted by atomic mass is 9.95. The lowest BCUT2D eigenvalue weighted by Crippen LogP contribution is -2.39. The molecule has 0 saturated carbocycles. The maximum atomic E-state index is 12.3. The zero-order valence-corrected chi connectivity index (χ0v) is 19.5. The van der Waals surface area contributed by atoms with E-state index < -0.39 is 24.2 Å². The van der Waals surface area contributed by atoms with Gasteiger partial charge in [0.1, 0.15) is 12.2 Å². The van der Waals surface area contributed by atoms with Crippen LogP contribution < -0.4 is 5.32 Å². The first kappa shape index (κ1) is 27.6. The first-order chi connectivity index (χ1) is 15.3. The van der Waals surface area contributed by atoms with E-state index in [0.29, 0.717) is 6.42 Å². The Morgan fingerprint density at radius 1 is 1.00 bits per heavy atom. The number of aliphatic hydroxyl groups is 3. The molecule has 4 N–H and O–H groups in total. The summed E-state index contributed by atoms with van der Waals surface area (Å²) >= 11 is 0. The van der Waals surface area contributed by atoms with Crippen LogP contribution in [-0.4, -0.2) is 45.6 Å².